The van der Waals surface area contributed by atoms with E-state index >= 15 is 0 Å². The van der Waals surface area contributed by atoms with Crippen LogP contribution in [-0.4, -0.2) is 94.5 Å². The van der Waals surface area contributed by atoms with Gasteiger partial charge in [-0.25, -0.2) is 0 Å². The summed E-state index contributed by atoms with van der Waals surface area (Å²) in [7, 11) is 0.549. The zero-order valence-electron chi connectivity index (χ0n) is 34.2. The molecule has 52 heavy (non-hydrogen) atoms. The summed E-state index contributed by atoms with van der Waals surface area (Å²) < 4.78 is 0. The maximum atomic E-state index is 8.36. The van der Waals surface area contributed by atoms with Crippen molar-refractivity contribution in [2.24, 2.45) is 0 Å². The molecule has 310 valence electrons. The van der Waals surface area contributed by atoms with E-state index in [2.05, 4.69) is 119 Å². The molecule has 0 aliphatic carbocycles. The van der Waals surface area contributed by atoms with E-state index in [4.69, 9.17) is 30.6 Å². The zero-order valence-corrected chi connectivity index (χ0v) is 42.7. The maximum absolute atomic E-state index is 8.36. The Morgan fingerprint density at radius 1 is 0.481 bits per heavy atom. The van der Waals surface area contributed by atoms with Gasteiger partial charge in [0.05, 0.1) is 73.9 Å². The number of rotatable bonds is 12. The smallest absolute Gasteiger partial charge is 0.291 e. The van der Waals surface area contributed by atoms with E-state index in [-0.39, 0.29) is 73.8 Å². The molecule has 0 spiro atoms. The first-order valence-corrected chi connectivity index (χ1v) is 27.0. The van der Waals surface area contributed by atoms with Gasteiger partial charge in [-0.3, -0.25) is 0 Å². The number of hydrogen-bond acceptors (Lipinski definition) is 4. The van der Waals surface area contributed by atoms with Crippen LogP contribution in [0.3, 0.4) is 0 Å². The quantitative estimate of drug-likeness (QED) is 0.0611. The number of benzene rings is 3. The average molecular weight is 1170 g/mol. The Morgan fingerprint density at radius 3 is 0.827 bits per heavy atom. The molecule has 0 fully saturated rings. The Morgan fingerprint density at radius 2 is 0.673 bits per heavy atom. The predicted molar refractivity (Wildman–Crippen MR) is 236 cm³/mol. The Hall–Kier alpha value is -0.323. The summed E-state index contributed by atoms with van der Waals surface area (Å²) in [5.41, 5.74) is 0. The summed E-state index contributed by atoms with van der Waals surface area (Å²) in [5, 5.41) is 32.1. The molecular weight excluding hydrogens is 1090 g/mol. The van der Waals surface area contributed by atoms with Gasteiger partial charge in [0.25, 0.3) is 10.2 Å². The monoisotopic (exact) mass is 1170 g/mol. The van der Waals surface area contributed by atoms with Crippen LogP contribution in [0.15, 0.2) is 48.5 Å². The predicted octanol–water partition coefficient (Wildman–Crippen LogP) is 11.9. The molecule has 3 aromatic rings. The molecule has 14 heteroatoms. The molecule has 3 aromatic carbocycles. The second kappa shape index (κ2) is 46.8. The summed E-state index contributed by atoms with van der Waals surface area (Å²) in [6.07, 6.45) is 17.5. The van der Waals surface area contributed by atoms with E-state index in [1.165, 1.54) is 84.7 Å². The molecule has 0 aliphatic rings. The fraction of sp³-hybridized carbons (Fsp3) is 0.632. The van der Waals surface area contributed by atoms with Crippen LogP contribution in [0.25, 0.3) is 21.5 Å². The van der Waals surface area contributed by atoms with Gasteiger partial charge in [-0.05, 0) is 115 Å². The van der Waals surface area contributed by atoms with Crippen LogP contribution >= 0.6 is 31.7 Å². The van der Waals surface area contributed by atoms with Crippen molar-refractivity contribution >= 4 is 53.2 Å². The fourth-order valence-electron chi connectivity index (χ4n) is 4.74. The summed E-state index contributed by atoms with van der Waals surface area (Å²) in [5.74, 6) is 0. The SMILES string of the molecule is CC[PH+](CC)CC.CC[PH+](CC)CC.CC[PH+](CC)CC.CC[PH+](CC)CC.O=[N+]([O-])O.O=[N+]([O-])O.[Pt].[Pt].[c-]1cccc2cc3ccc[c-]c3cc12. The van der Waals surface area contributed by atoms with E-state index < -0.39 is 10.2 Å². The summed E-state index contributed by atoms with van der Waals surface area (Å²) in [4.78, 5) is 16.7. The normalized spacial score (nSPS) is 9.38. The van der Waals surface area contributed by atoms with E-state index in [1.807, 2.05) is 24.3 Å². The molecule has 0 aromatic heterocycles. The number of hydrogen-bond donors (Lipinski definition) is 2. The van der Waals surface area contributed by atoms with E-state index in [0.717, 1.165) is 10.8 Å². The van der Waals surface area contributed by atoms with Crippen LogP contribution in [-0.2, 0) is 42.1 Å². The van der Waals surface area contributed by atoms with E-state index in [0.29, 0.717) is 0 Å². The van der Waals surface area contributed by atoms with Crippen molar-refractivity contribution in [2.45, 2.75) is 83.1 Å². The minimum absolute atomic E-state index is 0. The molecular formula is C38H74N2O6P4Pt2+2. The van der Waals surface area contributed by atoms with Crippen LogP contribution in [0.5, 0.6) is 0 Å². The van der Waals surface area contributed by atoms with Crippen LogP contribution in [0.2, 0.25) is 0 Å². The van der Waals surface area contributed by atoms with Gasteiger partial charge in [-0.15, -0.1) is 102 Å². The molecule has 0 bridgehead atoms. The standard InChI is InChI=1S/C14H8.4C6H15P.2HNO3.2Pt/c1-2-6-12-10-14-8-4-3-7-13(14)9-11(12)5-1;4*1-4-7(5-2)6-3;2*2-1(3)4;;/h1-5,7,9-10H;4*4-6H2,1-3H3;2*(H,2,3,4);;/q-2;;;;;;;;/p+4. The Balaban J connectivity index is -0.000000124. The van der Waals surface area contributed by atoms with Crippen LogP contribution in [0, 0.1) is 32.4 Å². The van der Waals surface area contributed by atoms with Gasteiger partial charge >= 0.3 is 0 Å². The Kier molecular flexibility index (Phi) is 57.3. The Labute approximate surface area is 351 Å². The van der Waals surface area contributed by atoms with E-state index in [9.17, 15) is 0 Å². The first-order valence-electron chi connectivity index (χ1n) is 18.5. The average Bonchev–Trinajstić information content (AvgIpc) is 3.11. The first kappa shape index (κ1) is 63.6. The molecule has 3 rings (SSSR count). The molecule has 0 saturated carbocycles. The van der Waals surface area contributed by atoms with Crippen LogP contribution < -0.4 is 0 Å². The molecule has 0 aliphatic heterocycles. The van der Waals surface area contributed by atoms with Crippen molar-refractivity contribution in [1.82, 2.24) is 0 Å². The molecule has 2 N–H and O–H groups in total. The number of nitrogens with zero attached hydrogens (tertiary/aromatic N) is 2. The van der Waals surface area contributed by atoms with Gasteiger partial charge in [0.1, 0.15) is 0 Å². The van der Waals surface area contributed by atoms with Crippen molar-refractivity contribution in [1.29, 1.82) is 0 Å². The number of fused-ring (bicyclic) bond motifs is 2. The molecule has 0 unspecified atom stereocenters. The van der Waals surface area contributed by atoms with Crippen molar-refractivity contribution in [3.63, 3.8) is 0 Å². The maximum Gasteiger partial charge on any atom is 0.291 e. The van der Waals surface area contributed by atoms with Crippen molar-refractivity contribution in [3.05, 3.63) is 80.9 Å². The summed E-state index contributed by atoms with van der Waals surface area (Å²) in [6.45, 7) is 27.7. The molecule has 0 atom stereocenters. The van der Waals surface area contributed by atoms with Crippen LogP contribution in [0.4, 0.5) is 0 Å². The minimum atomic E-state index is -1.50. The molecule has 0 saturated heterocycles. The van der Waals surface area contributed by atoms with Crippen molar-refractivity contribution < 1.29 is 62.7 Å². The van der Waals surface area contributed by atoms with Crippen LogP contribution in [0.1, 0.15) is 83.1 Å². The topological polar surface area (TPSA) is 127 Å². The molecule has 0 radical (unpaired) electrons. The minimum Gasteiger partial charge on any atom is -0.328 e. The molecule has 0 heterocycles. The Bertz CT molecular complexity index is 993. The molecule has 0 amide bonds. The summed E-state index contributed by atoms with van der Waals surface area (Å²) in [6, 6.07) is 22.9. The second-order valence-corrected chi connectivity index (χ2v) is 25.6. The van der Waals surface area contributed by atoms with Gasteiger partial charge in [0.2, 0.25) is 0 Å². The van der Waals surface area contributed by atoms with Gasteiger partial charge < -0.3 is 10.4 Å². The van der Waals surface area contributed by atoms with Crippen molar-refractivity contribution in [3.8, 4) is 0 Å². The van der Waals surface area contributed by atoms with Gasteiger partial charge in [-0.1, -0.05) is 0 Å². The van der Waals surface area contributed by atoms with Gasteiger partial charge in [-0.2, -0.15) is 0 Å². The van der Waals surface area contributed by atoms with Gasteiger partial charge in [0, 0.05) is 42.1 Å². The molecule has 8 nitrogen and oxygen atoms in total. The second-order valence-electron chi connectivity index (χ2n) is 11.1. The third kappa shape index (κ3) is 40.9. The fourth-order valence-corrected chi connectivity index (χ4v) is 10.7. The van der Waals surface area contributed by atoms with E-state index in [1.54, 1.807) is 0 Å². The summed E-state index contributed by atoms with van der Waals surface area (Å²) >= 11 is 0. The van der Waals surface area contributed by atoms with Gasteiger partial charge in [0.15, 0.2) is 0 Å². The zero-order chi connectivity index (χ0) is 39.3. The first-order chi connectivity index (χ1) is 23.8. The largest absolute Gasteiger partial charge is 0.328 e. The third-order valence-electron chi connectivity index (χ3n) is 8.44. The third-order valence-corrected chi connectivity index (χ3v) is 20.4. The van der Waals surface area contributed by atoms with Crippen molar-refractivity contribution in [2.75, 3.05) is 73.9 Å².